The summed E-state index contributed by atoms with van der Waals surface area (Å²) in [5.74, 6) is 0.0501. The van der Waals surface area contributed by atoms with Gasteiger partial charge < -0.3 is 5.32 Å². The fraction of sp³-hybridized carbons (Fsp3) is 0.0714. The molecular formula is C28H20F3N3. The van der Waals surface area contributed by atoms with Gasteiger partial charge in [-0.05, 0) is 34.9 Å². The van der Waals surface area contributed by atoms with Crippen LogP contribution >= 0.6 is 0 Å². The monoisotopic (exact) mass is 455 g/mol. The maximum Gasteiger partial charge on any atom is 0.417 e. The van der Waals surface area contributed by atoms with E-state index in [4.69, 9.17) is 0 Å². The van der Waals surface area contributed by atoms with Crippen LogP contribution in [-0.2, 0) is 12.7 Å². The predicted molar refractivity (Wildman–Crippen MR) is 129 cm³/mol. The van der Waals surface area contributed by atoms with Crippen LogP contribution in [0.5, 0.6) is 0 Å². The molecule has 0 radical (unpaired) electrons. The first-order valence-electron chi connectivity index (χ1n) is 10.8. The second kappa shape index (κ2) is 8.98. The molecule has 0 fully saturated rings. The molecule has 0 atom stereocenters. The van der Waals surface area contributed by atoms with Crippen molar-refractivity contribution >= 4 is 16.6 Å². The Morgan fingerprint density at radius 3 is 2.18 bits per heavy atom. The summed E-state index contributed by atoms with van der Waals surface area (Å²) < 4.78 is 40.3. The Kier molecular flexibility index (Phi) is 5.72. The number of halogens is 3. The van der Waals surface area contributed by atoms with Gasteiger partial charge in [0.15, 0.2) is 5.82 Å². The molecule has 5 rings (SSSR count). The van der Waals surface area contributed by atoms with E-state index in [9.17, 15) is 13.2 Å². The Morgan fingerprint density at radius 1 is 0.706 bits per heavy atom. The van der Waals surface area contributed by atoms with E-state index in [1.54, 1.807) is 18.3 Å². The summed E-state index contributed by atoms with van der Waals surface area (Å²) in [4.78, 5) is 8.69. The van der Waals surface area contributed by atoms with Crippen molar-refractivity contribution in [2.24, 2.45) is 0 Å². The van der Waals surface area contributed by atoms with E-state index in [1.807, 2.05) is 30.3 Å². The van der Waals surface area contributed by atoms with Crippen LogP contribution < -0.4 is 5.32 Å². The third kappa shape index (κ3) is 4.48. The maximum atomic E-state index is 13.4. The Morgan fingerprint density at radius 2 is 1.41 bits per heavy atom. The van der Waals surface area contributed by atoms with Crippen LogP contribution in [0.2, 0.25) is 0 Å². The van der Waals surface area contributed by atoms with Gasteiger partial charge in [0.2, 0.25) is 0 Å². The fourth-order valence-corrected chi connectivity index (χ4v) is 3.91. The molecule has 0 aliphatic rings. The zero-order valence-electron chi connectivity index (χ0n) is 18.1. The lowest BCUT2D eigenvalue weighted by molar-refractivity contribution is -0.137. The first-order valence-corrected chi connectivity index (χ1v) is 10.8. The SMILES string of the molecule is FC(F)(F)c1ccccc1-c1ncc2c(NCc3ccc(-c4ccccc4)cc3)cccc2n1. The molecule has 0 bridgehead atoms. The second-order valence-corrected chi connectivity index (χ2v) is 7.89. The van der Waals surface area contributed by atoms with Gasteiger partial charge in [-0.25, -0.2) is 9.97 Å². The highest BCUT2D eigenvalue weighted by Crippen LogP contribution is 2.36. The molecule has 1 N–H and O–H groups in total. The number of hydrogen-bond acceptors (Lipinski definition) is 3. The fourth-order valence-electron chi connectivity index (χ4n) is 3.91. The average Bonchev–Trinajstić information content (AvgIpc) is 2.87. The van der Waals surface area contributed by atoms with Crippen LogP contribution in [0.15, 0.2) is 103 Å². The lowest BCUT2D eigenvalue weighted by atomic mass is 10.0. The highest BCUT2D eigenvalue weighted by Gasteiger charge is 2.34. The molecule has 1 heterocycles. The van der Waals surface area contributed by atoms with E-state index in [0.717, 1.165) is 33.8 Å². The smallest absolute Gasteiger partial charge is 0.380 e. The van der Waals surface area contributed by atoms with Gasteiger partial charge in [-0.15, -0.1) is 0 Å². The molecule has 0 amide bonds. The standard InChI is InChI=1S/C28H20F3N3/c29-28(30,31)24-10-5-4-9-22(24)27-33-18-23-25(11-6-12-26(23)34-27)32-17-19-13-15-21(16-14-19)20-7-2-1-3-8-20/h1-16,18,32H,17H2. The molecule has 5 aromatic rings. The number of anilines is 1. The van der Waals surface area contributed by atoms with Crippen LogP contribution in [0.3, 0.4) is 0 Å². The van der Waals surface area contributed by atoms with Gasteiger partial charge in [0.25, 0.3) is 0 Å². The van der Waals surface area contributed by atoms with E-state index in [2.05, 4.69) is 51.7 Å². The summed E-state index contributed by atoms with van der Waals surface area (Å²) in [7, 11) is 0. The third-order valence-electron chi connectivity index (χ3n) is 5.64. The first-order chi connectivity index (χ1) is 16.5. The highest BCUT2D eigenvalue weighted by atomic mass is 19.4. The van der Waals surface area contributed by atoms with Crippen LogP contribution in [-0.4, -0.2) is 9.97 Å². The number of benzene rings is 4. The molecule has 1 aromatic heterocycles. The number of hydrogen-bond donors (Lipinski definition) is 1. The maximum absolute atomic E-state index is 13.4. The molecule has 0 saturated carbocycles. The van der Waals surface area contributed by atoms with Gasteiger partial charge in [0.05, 0.1) is 11.1 Å². The van der Waals surface area contributed by atoms with Gasteiger partial charge in [-0.2, -0.15) is 13.2 Å². The van der Waals surface area contributed by atoms with Crippen molar-refractivity contribution in [2.45, 2.75) is 12.7 Å². The van der Waals surface area contributed by atoms with Gasteiger partial charge >= 0.3 is 6.18 Å². The van der Waals surface area contributed by atoms with Crippen molar-refractivity contribution in [2.75, 3.05) is 5.32 Å². The summed E-state index contributed by atoms with van der Waals surface area (Å²) in [6, 6.07) is 29.4. The molecule has 4 aromatic carbocycles. The number of fused-ring (bicyclic) bond motifs is 1. The molecule has 0 unspecified atom stereocenters. The molecular weight excluding hydrogens is 435 g/mol. The van der Waals surface area contributed by atoms with Crippen molar-refractivity contribution in [1.82, 2.24) is 9.97 Å². The zero-order chi connectivity index (χ0) is 23.5. The van der Waals surface area contributed by atoms with Crippen LogP contribution in [0.4, 0.5) is 18.9 Å². The van der Waals surface area contributed by atoms with Crippen LogP contribution in [0, 0.1) is 0 Å². The Hall–Kier alpha value is -4.19. The Bertz CT molecular complexity index is 1430. The van der Waals surface area contributed by atoms with Crippen molar-refractivity contribution in [3.63, 3.8) is 0 Å². The molecule has 3 nitrogen and oxygen atoms in total. The molecule has 0 saturated heterocycles. The molecule has 0 aliphatic heterocycles. The summed E-state index contributed by atoms with van der Waals surface area (Å²) in [5, 5.41) is 4.14. The minimum absolute atomic E-state index is 0.0335. The zero-order valence-corrected chi connectivity index (χ0v) is 18.1. The number of alkyl halides is 3. The second-order valence-electron chi connectivity index (χ2n) is 7.89. The van der Waals surface area contributed by atoms with Gasteiger partial charge in [0.1, 0.15) is 0 Å². The largest absolute Gasteiger partial charge is 0.417 e. The molecule has 34 heavy (non-hydrogen) atoms. The minimum Gasteiger partial charge on any atom is -0.380 e. The lowest BCUT2D eigenvalue weighted by Gasteiger charge is -2.13. The summed E-state index contributed by atoms with van der Waals surface area (Å²) in [6.07, 6.45) is -2.90. The number of rotatable bonds is 5. The minimum atomic E-state index is -4.48. The normalized spacial score (nSPS) is 11.5. The van der Waals surface area contributed by atoms with Crippen LogP contribution in [0.25, 0.3) is 33.4 Å². The summed E-state index contributed by atoms with van der Waals surface area (Å²) in [6.45, 7) is 0.590. The van der Waals surface area contributed by atoms with E-state index in [1.165, 1.54) is 12.1 Å². The summed E-state index contributed by atoms with van der Waals surface area (Å²) >= 11 is 0. The average molecular weight is 455 g/mol. The van der Waals surface area contributed by atoms with Crippen molar-refractivity contribution in [3.05, 3.63) is 114 Å². The highest BCUT2D eigenvalue weighted by molar-refractivity contribution is 5.91. The Balaban J connectivity index is 1.39. The van der Waals surface area contributed by atoms with E-state index in [-0.39, 0.29) is 11.4 Å². The first kappa shape index (κ1) is 21.6. The van der Waals surface area contributed by atoms with Gasteiger partial charge in [0, 0.05) is 29.4 Å². The Labute approximate surface area is 194 Å². The molecule has 6 heteroatoms. The third-order valence-corrected chi connectivity index (χ3v) is 5.64. The van der Waals surface area contributed by atoms with Crippen LogP contribution in [0.1, 0.15) is 11.1 Å². The topological polar surface area (TPSA) is 37.8 Å². The number of nitrogens with one attached hydrogen (secondary N) is 1. The lowest BCUT2D eigenvalue weighted by Crippen LogP contribution is -2.08. The quantitative estimate of drug-likeness (QED) is 0.297. The number of aromatic nitrogens is 2. The molecule has 168 valence electrons. The summed E-state index contributed by atoms with van der Waals surface area (Å²) in [5.41, 5.74) is 4.03. The van der Waals surface area contributed by atoms with E-state index < -0.39 is 11.7 Å². The van der Waals surface area contributed by atoms with Crippen molar-refractivity contribution in [3.8, 4) is 22.5 Å². The predicted octanol–water partition coefficient (Wildman–Crippen LogP) is 7.59. The van der Waals surface area contributed by atoms with Gasteiger partial charge in [-0.1, -0.05) is 78.9 Å². The molecule has 0 aliphatic carbocycles. The van der Waals surface area contributed by atoms with Crippen molar-refractivity contribution in [1.29, 1.82) is 0 Å². The number of nitrogens with zero attached hydrogens (tertiary/aromatic N) is 2. The van der Waals surface area contributed by atoms with Gasteiger partial charge in [-0.3, -0.25) is 0 Å². The van der Waals surface area contributed by atoms with Crippen molar-refractivity contribution < 1.29 is 13.2 Å². The molecule has 0 spiro atoms. The van der Waals surface area contributed by atoms with E-state index >= 15 is 0 Å². The van der Waals surface area contributed by atoms with E-state index in [0.29, 0.717) is 12.1 Å².